The molecule has 18 heavy (non-hydrogen) atoms. The number of rotatable bonds is 3. The quantitative estimate of drug-likeness (QED) is 0.670. The molecule has 0 aliphatic carbocycles. The molecule has 0 saturated carbocycles. The van der Waals surface area contributed by atoms with Crippen LogP contribution in [-0.4, -0.2) is 41.2 Å². The molecule has 1 heterocycles. The zero-order valence-electron chi connectivity index (χ0n) is 9.63. The first-order valence-electron chi connectivity index (χ1n) is 5.54. The van der Waals surface area contributed by atoms with Gasteiger partial charge in [-0.3, -0.25) is 15.0 Å². The van der Waals surface area contributed by atoms with Crippen molar-refractivity contribution in [3.05, 3.63) is 32.8 Å². The van der Waals surface area contributed by atoms with Crippen LogP contribution in [0.4, 0.5) is 5.69 Å². The fourth-order valence-electron chi connectivity index (χ4n) is 1.89. The molecule has 1 aromatic rings. The van der Waals surface area contributed by atoms with Crippen LogP contribution in [0.5, 0.6) is 5.75 Å². The minimum absolute atomic E-state index is 0.00691. The number of benzene rings is 1. The Morgan fingerprint density at radius 3 is 2.72 bits per heavy atom. The monoisotopic (exact) mass is 272 g/mol. The second-order valence-electron chi connectivity index (χ2n) is 4.09. The average Bonchev–Trinajstić information content (AvgIpc) is 2.34. The van der Waals surface area contributed by atoms with E-state index in [0.29, 0.717) is 25.3 Å². The average molecular weight is 273 g/mol. The first-order chi connectivity index (χ1) is 8.58. The zero-order valence-corrected chi connectivity index (χ0v) is 10.4. The van der Waals surface area contributed by atoms with Gasteiger partial charge in [0.2, 0.25) is 5.75 Å². The number of nitro groups is 1. The third-order valence-corrected chi connectivity index (χ3v) is 3.10. The van der Waals surface area contributed by atoms with Gasteiger partial charge in [0.1, 0.15) is 0 Å². The Morgan fingerprint density at radius 2 is 2.11 bits per heavy atom. The molecule has 0 spiro atoms. The van der Waals surface area contributed by atoms with Crippen LogP contribution in [0.1, 0.15) is 5.56 Å². The highest BCUT2D eigenvalue weighted by molar-refractivity contribution is 6.32. The largest absolute Gasteiger partial charge is 0.501 e. The highest BCUT2D eigenvalue weighted by atomic mass is 35.5. The Bertz CT molecular complexity index is 461. The van der Waals surface area contributed by atoms with Crippen LogP contribution in [0.25, 0.3) is 0 Å². The maximum atomic E-state index is 10.8. The summed E-state index contributed by atoms with van der Waals surface area (Å²) in [4.78, 5) is 12.3. The van der Waals surface area contributed by atoms with Gasteiger partial charge in [-0.1, -0.05) is 11.6 Å². The van der Waals surface area contributed by atoms with Crippen LogP contribution in [0, 0.1) is 10.1 Å². The molecule has 0 atom stereocenters. The van der Waals surface area contributed by atoms with E-state index in [2.05, 4.69) is 4.90 Å². The predicted octanol–water partition coefficient (Wildman–Crippen LogP) is 1.79. The molecule has 0 aromatic heterocycles. The molecule has 1 fully saturated rings. The molecule has 6 nitrogen and oxygen atoms in total. The van der Waals surface area contributed by atoms with Gasteiger partial charge in [-0.05, 0) is 11.6 Å². The number of hydrogen-bond donors (Lipinski definition) is 1. The van der Waals surface area contributed by atoms with Crippen molar-refractivity contribution in [3.8, 4) is 5.75 Å². The predicted molar refractivity (Wildman–Crippen MR) is 65.9 cm³/mol. The van der Waals surface area contributed by atoms with Crippen molar-refractivity contribution in [1.82, 2.24) is 4.90 Å². The van der Waals surface area contributed by atoms with Gasteiger partial charge in [-0.15, -0.1) is 0 Å². The Kier molecular flexibility index (Phi) is 4.00. The lowest BCUT2D eigenvalue weighted by atomic mass is 10.1. The summed E-state index contributed by atoms with van der Waals surface area (Å²) >= 11 is 5.78. The number of morpholine rings is 1. The van der Waals surface area contributed by atoms with E-state index in [1.165, 1.54) is 6.07 Å². The number of aromatic hydroxyl groups is 1. The molecule has 1 N–H and O–H groups in total. The molecular formula is C11H13ClN2O4. The highest BCUT2D eigenvalue weighted by Crippen LogP contribution is 2.35. The van der Waals surface area contributed by atoms with E-state index < -0.39 is 10.7 Å². The van der Waals surface area contributed by atoms with E-state index in [4.69, 9.17) is 16.3 Å². The summed E-state index contributed by atoms with van der Waals surface area (Å²) in [5.41, 5.74) is 0.358. The third-order valence-electron chi connectivity index (χ3n) is 2.81. The van der Waals surface area contributed by atoms with Crippen molar-refractivity contribution in [2.24, 2.45) is 0 Å². The van der Waals surface area contributed by atoms with Crippen molar-refractivity contribution < 1.29 is 14.8 Å². The van der Waals surface area contributed by atoms with Gasteiger partial charge in [0.05, 0.1) is 23.2 Å². The first kappa shape index (κ1) is 13.1. The maximum absolute atomic E-state index is 10.8. The molecule has 0 unspecified atom stereocenters. The molecule has 0 amide bonds. The number of nitro benzene ring substituents is 1. The number of halogens is 1. The zero-order chi connectivity index (χ0) is 13.1. The van der Waals surface area contributed by atoms with E-state index in [-0.39, 0.29) is 10.7 Å². The van der Waals surface area contributed by atoms with Crippen LogP contribution < -0.4 is 0 Å². The molecule has 1 aliphatic heterocycles. The lowest BCUT2D eigenvalue weighted by Crippen LogP contribution is -2.35. The number of hydrogen-bond acceptors (Lipinski definition) is 5. The Balaban J connectivity index is 2.20. The summed E-state index contributed by atoms with van der Waals surface area (Å²) < 4.78 is 5.23. The Hall–Kier alpha value is -1.37. The van der Waals surface area contributed by atoms with Gasteiger partial charge < -0.3 is 9.84 Å². The topological polar surface area (TPSA) is 75.8 Å². The summed E-state index contributed by atoms with van der Waals surface area (Å²) in [7, 11) is 0. The summed E-state index contributed by atoms with van der Waals surface area (Å²) in [5, 5.41) is 20.3. The van der Waals surface area contributed by atoms with Crippen LogP contribution in [0.15, 0.2) is 12.1 Å². The van der Waals surface area contributed by atoms with Crippen molar-refractivity contribution in [3.63, 3.8) is 0 Å². The van der Waals surface area contributed by atoms with Gasteiger partial charge in [-0.25, -0.2) is 0 Å². The Morgan fingerprint density at radius 1 is 1.44 bits per heavy atom. The van der Waals surface area contributed by atoms with Gasteiger partial charge in [-0.2, -0.15) is 0 Å². The summed E-state index contributed by atoms with van der Waals surface area (Å²) in [6.07, 6.45) is 0. The smallest absolute Gasteiger partial charge is 0.312 e. The van der Waals surface area contributed by atoms with E-state index >= 15 is 0 Å². The van der Waals surface area contributed by atoms with Crippen molar-refractivity contribution in [2.75, 3.05) is 26.3 Å². The van der Waals surface area contributed by atoms with Gasteiger partial charge in [0, 0.05) is 25.7 Å². The molecule has 98 valence electrons. The normalized spacial score (nSPS) is 16.7. The summed E-state index contributed by atoms with van der Waals surface area (Å²) in [6.45, 7) is 3.45. The summed E-state index contributed by atoms with van der Waals surface area (Å²) in [6, 6.07) is 2.91. The fraction of sp³-hybridized carbons (Fsp3) is 0.455. The van der Waals surface area contributed by atoms with Crippen molar-refractivity contribution >= 4 is 17.3 Å². The van der Waals surface area contributed by atoms with E-state index in [9.17, 15) is 15.2 Å². The molecule has 2 rings (SSSR count). The fourth-order valence-corrected chi connectivity index (χ4v) is 2.12. The number of phenols is 1. The second-order valence-corrected chi connectivity index (χ2v) is 4.50. The van der Waals surface area contributed by atoms with Crippen LogP contribution in [0.3, 0.4) is 0 Å². The van der Waals surface area contributed by atoms with Crippen LogP contribution in [0.2, 0.25) is 5.02 Å². The van der Waals surface area contributed by atoms with E-state index in [1.54, 1.807) is 6.07 Å². The third kappa shape index (κ3) is 2.90. The minimum atomic E-state index is -0.635. The number of nitrogens with zero attached hydrogens (tertiary/aromatic N) is 2. The highest BCUT2D eigenvalue weighted by Gasteiger charge is 2.19. The second kappa shape index (κ2) is 5.51. The lowest BCUT2D eigenvalue weighted by molar-refractivity contribution is -0.385. The van der Waals surface area contributed by atoms with Crippen LogP contribution >= 0.6 is 11.6 Å². The van der Waals surface area contributed by atoms with Gasteiger partial charge in [0.25, 0.3) is 0 Å². The van der Waals surface area contributed by atoms with Crippen molar-refractivity contribution in [2.45, 2.75) is 6.54 Å². The number of ether oxygens (including phenoxy) is 1. The summed E-state index contributed by atoms with van der Waals surface area (Å²) in [5.74, 6) is -0.479. The molecule has 7 heteroatoms. The maximum Gasteiger partial charge on any atom is 0.312 e. The number of phenolic OH excluding ortho intramolecular Hbond substituents is 1. The van der Waals surface area contributed by atoms with E-state index in [1.807, 2.05) is 0 Å². The standard InChI is InChI=1S/C11H13ClN2O4/c12-9-5-8(6-10(11(9)15)14(16)17)7-13-1-3-18-4-2-13/h5-6,15H,1-4,7H2. The minimum Gasteiger partial charge on any atom is -0.501 e. The molecule has 1 aliphatic rings. The van der Waals surface area contributed by atoms with Gasteiger partial charge >= 0.3 is 5.69 Å². The first-order valence-corrected chi connectivity index (χ1v) is 5.91. The van der Waals surface area contributed by atoms with E-state index in [0.717, 1.165) is 13.1 Å². The molecule has 1 aromatic carbocycles. The van der Waals surface area contributed by atoms with Crippen LogP contribution in [-0.2, 0) is 11.3 Å². The van der Waals surface area contributed by atoms with Gasteiger partial charge in [0.15, 0.2) is 0 Å². The SMILES string of the molecule is O=[N+]([O-])c1cc(CN2CCOCC2)cc(Cl)c1O. The molecule has 1 saturated heterocycles. The Labute approximate surface area is 109 Å². The molecular weight excluding hydrogens is 260 g/mol. The molecule has 0 bridgehead atoms. The van der Waals surface area contributed by atoms with Crippen molar-refractivity contribution in [1.29, 1.82) is 0 Å². The lowest BCUT2D eigenvalue weighted by Gasteiger charge is -2.26. The molecule has 0 radical (unpaired) electrons.